The maximum Gasteiger partial charge on any atom is 0.307 e. The van der Waals surface area contributed by atoms with E-state index in [-0.39, 0.29) is 18.2 Å². The Kier molecular flexibility index (Phi) is 6.67. The number of hydrogen-bond acceptors (Lipinski definition) is 4. The van der Waals surface area contributed by atoms with E-state index in [2.05, 4.69) is 10.4 Å². The van der Waals surface area contributed by atoms with Gasteiger partial charge in [-0.1, -0.05) is 60.7 Å². The normalized spacial score (nSPS) is 11.9. The quantitative estimate of drug-likeness (QED) is 0.600. The monoisotopic (exact) mass is 405 g/mol. The molecule has 30 heavy (non-hydrogen) atoms. The molecule has 6 nitrogen and oxygen atoms in total. The molecule has 0 bridgehead atoms. The molecule has 1 atom stereocenters. The van der Waals surface area contributed by atoms with Crippen molar-refractivity contribution in [1.29, 1.82) is 0 Å². The smallest absolute Gasteiger partial charge is 0.307 e. The van der Waals surface area contributed by atoms with Crippen molar-refractivity contribution in [2.45, 2.75) is 39.2 Å². The van der Waals surface area contributed by atoms with E-state index >= 15 is 0 Å². The fourth-order valence-corrected chi connectivity index (χ4v) is 3.44. The predicted octanol–water partition coefficient (Wildman–Crippen LogP) is 4.13. The van der Waals surface area contributed by atoms with Crippen molar-refractivity contribution in [3.05, 3.63) is 83.2 Å². The number of benzene rings is 2. The molecular formula is C24H27N3O3. The van der Waals surface area contributed by atoms with Crippen LogP contribution in [0.1, 0.15) is 41.8 Å². The molecule has 0 aliphatic carbocycles. The molecule has 0 fully saturated rings. The number of aryl methyl sites for hydroxylation is 2. The summed E-state index contributed by atoms with van der Waals surface area (Å²) < 4.78 is 7.17. The molecule has 1 heterocycles. The van der Waals surface area contributed by atoms with Crippen LogP contribution >= 0.6 is 0 Å². The van der Waals surface area contributed by atoms with Gasteiger partial charge in [-0.05, 0) is 31.9 Å². The highest BCUT2D eigenvalue weighted by molar-refractivity contribution is 5.96. The Bertz CT molecular complexity index is 973. The lowest BCUT2D eigenvalue weighted by atomic mass is 9.88. The summed E-state index contributed by atoms with van der Waals surface area (Å²) in [6.07, 6.45) is -0.764. The van der Waals surface area contributed by atoms with Crippen LogP contribution in [0.3, 0.4) is 0 Å². The Hall–Kier alpha value is -3.41. The van der Waals surface area contributed by atoms with Crippen LogP contribution in [0.25, 0.3) is 0 Å². The van der Waals surface area contributed by atoms with Gasteiger partial charge in [-0.3, -0.25) is 14.3 Å². The molecule has 0 aliphatic rings. The molecule has 0 aliphatic heterocycles. The summed E-state index contributed by atoms with van der Waals surface area (Å²) in [5, 5.41) is 7.11. The Morgan fingerprint density at radius 1 is 1.00 bits per heavy atom. The van der Waals surface area contributed by atoms with Gasteiger partial charge < -0.3 is 10.1 Å². The van der Waals surface area contributed by atoms with Crippen molar-refractivity contribution in [3.63, 3.8) is 0 Å². The fraction of sp³-hybridized carbons (Fsp3) is 0.292. The summed E-state index contributed by atoms with van der Waals surface area (Å²) in [7, 11) is 1.81. The number of carbonyl (C=O) groups is 2. The summed E-state index contributed by atoms with van der Waals surface area (Å²) in [5.74, 6) is -0.938. The van der Waals surface area contributed by atoms with E-state index < -0.39 is 12.1 Å². The van der Waals surface area contributed by atoms with E-state index in [0.717, 1.165) is 22.5 Å². The number of nitrogens with one attached hydrogen (secondary N) is 1. The van der Waals surface area contributed by atoms with Crippen LogP contribution in [-0.2, 0) is 21.4 Å². The maximum atomic E-state index is 12.7. The van der Waals surface area contributed by atoms with Gasteiger partial charge in [-0.2, -0.15) is 5.10 Å². The Morgan fingerprint density at radius 3 is 2.00 bits per heavy atom. The third-order valence-electron chi connectivity index (χ3n) is 5.21. The van der Waals surface area contributed by atoms with Gasteiger partial charge in [0, 0.05) is 13.0 Å². The van der Waals surface area contributed by atoms with Crippen LogP contribution in [-0.4, -0.2) is 27.8 Å². The van der Waals surface area contributed by atoms with E-state index in [1.165, 1.54) is 0 Å². The van der Waals surface area contributed by atoms with Crippen molar-refractivity contribution < 1.29 is 14.3 Å². The number of anilines is 1. The average molecular weight is 405 g/mol. The standard InChI is InChI=1S/C24H27N3O3/c1-16-23(17(2)27(4)26-16)25-24(29)18(3)30-22(28)15-21(19-11-7-5-8-12-19)20-13-9-6-10-14-20/h5-14,18,21H,15H2,1-4H3,(H,25,29). The molecule has 2 aromatic carbocycles. The summed E-state index contributed by atoms with van der Waals surface area (Å²) >= 11 is 0. The molecule has 156 valence electrons. The van der Waals surface area contributed by atoms with Gasteiger partial charge >= 0.3 is 5.97 Å². The van der Waals surface area contributed by atoms with Crippen LogP contribution in [0.5, 0.6) is 0 Å². The van der Waals surface area contributed by atoms with Gasteiger partial charge in [-0.15, -0.1) is 0 Å². The van der Waals surface area contributed by atoms with Gasteiger partial charge in [0.05, 0.1) is 23.5 Å². The second-order valence-corrected chi connectivity index (χ2v) is 7.37. The number of esters is 1. The molecule has 0 saturated heterocycles. The van der Waals surface area contributed by atoms with Crippen LogP contribution in [0.2, 0.25) is 0 Å². The van der Waals surface area contributed by atoms with Crippen molar-refractivity contribution in [2.75, 3.05) is 5.32 Å². The highest BCUT2D eigenvalue weighted by Crippen LogP contribution is 2.28. The lowest BCUT2D eigenvalue weighted by Gasteiger charge is -2.19. The number of hydrogen-bond donors (Lipinski definition) is 1. The molecule has 1 amide bonds. The van der Waals surface area contributed by atoms with Crippen LogP contribution in [0.4, 0.5) is 5.69 Å². The van der Waals surface area contributed by atoms with Crippen LogP contribution in [0.15, 0.2) is 60.7 Å². The highest BCUT2D eigenvalue weighted by atomic mass is 16.5. The zero-order valence-corrected chi connectivity index (χ0v) is 17.8. The summed E-state index contributed by atoms with van der Waals surface area (Å²) in [4.78, 5) is 25.2. The average Bonchev–Trinajstić information content (AvgIpc) is 2.99. The molecule has 1 aromatic heterocycles. The minimum absolute atomic E-state index is 0.141. The largest absolute Gasteiger partial charge is 0.453 e. The number of rotatable bonds is 7. The fourth-order valence-electron chi connectivity index (χ4n) is 3.44. The lowest BCUT2D eigenvalue weighted by molar-refractivity contribution is -0.153. The molecule has 1 N–H and O–H groups in total. The van der Waals surface area contributed by atoms with Crippen molar-refractivity contribution >= 4 is 17.6 Å². The molecule has 3 rings (SSSR count). The van der Waals surface area contributed by atoms with Crippen molar-refractivity contribution in [1.82, 2.24) is 9.78 Å². The second-order valence-electron chi connectivity index (χ2n) is 7.37. The van der Waals surface area contributed by atoms with Crippen LogP contribution in [0, 0.1) is 13.8 Å². The molecule has 0 spiro atoms. The molecule has 0 radical (unpaired) electrons. The Balaban J connectivity index is 1.68. The number of carbonyl (C=O) groups excluding carboxylic acids is 2. The minimum atomic E-state index is -0.913. The lowest BCUT2D eigenvalue weighted by Crippen LogP contribution is -2.30. The van der Waals surface area contributed by atoms with Gasteiger partial charge in [-0.25, -0.2) is 0 Å². The zero-order chi connectivity index (χ0) is 21.7. The minimum Gasteiger partial charge on any atom is -0.453 e. The number of amides is 1. The van der Waals surface area contributed by atoms with E-state index in [1.807, 2.05) is 81.6 Å². The zero-order valence-electron chi connectivity index (χ0n) is 17.8. The van der Waals surface area contributed by atoms with E-state index in [0.29, 0.717) is 5.69 Å². The maximum absolute atomic E-state index is 12.7. The Morgan fingerprint density at radius 2 is 1.53 bits per heavy atom. The van der Waals surface area contributed by atoms with Gasteiger partial charge in [0.1, 0.15) is 0 Å². The molecular weight excluding hydrogens is 378 g/mol. The highest BCUT2D eigenvalue weighted by Gasteiger charge is 2.24. The summed E-state index contributed by atoms with van der Waals surface area (Å²) in [5.41, 5.74) is 4.26. The van der Waals surface area contributed by atoms with Gasteiger partial charge in [0.15, 0.2) is 6.10 Å². The molecule has 1 unspecified atom stereocenters. The van der Waals surface area contributed by atoms with E-state index in [9.17, 15) is 9.59 Å². The summed E-state index contributed by atoms with van der Waals surface area (Å²) in [6, 6.07) is 19.7. The first-order valence-electron chi connectivity index (χ1n) is 9.97. The first-order valence-corrected chi connectivity index (χ1v) is 9.97. The van der Waals surface area contributed by atoms with Crippen molar-refractivity contribution in [3.8, 4) is 0 Å². The number of ether oxygens (including phenoxy) is 1. The second kappa shape index (κ2) is 9.39. The van der Waals surface area contributed by atoms with E-state index in [4.69, 9.17) is 4.74 Å². The topological polar surface area (TPSA) is 73.2 Å². The number of aromatic nitrogens is 2. The van der Waals surface area contributed by atoms with E-state index in [1.54, 1.807) is 11.6 Å². The predicted molar refractivity (Wildman–Crippen MR) is 116 cm³/mol. The SMILES string of the molecule is Cc1nn(C)c(C)c1NC(=O)C(C)OC(=O)CC(c1ccccc1)c1ccccc1. The third kappa shape index (κ3) is 4.95. The molecule has 3 aromatic rings. The molecule has 6 heteroatoms. The first-order chi connectivity index (χ1) is 14.4. The Labute approximate surface area is 176 Å². The first kappa shape index (κ1) is 21.3. The van der Waals surface area contributed by atoms with Gasteiger partial charge in [0.25, 0.3) is 5.91 Å². The number of nitrogens with zero attached hydrogens (tertiary/aromatic N) is 2. The third-order valence-corrected chi connectivity index (χ3v) is 5.21. The van der Waals surface area contributed by atoms with Gasteiger partial charge in [0.2, 0.25) is 0 Å². The van der Waals surface area contributed by atoms with Crippen LogP contribution < -0.4 is 5.32 Å². The van der Waals surface area contributed by atoms with Crippen molar-refractivity contribution in [2.24, 2.45) is 7.05 Å². The molecule has 0 saturated carbocycles. The summed E-state index contributed by atoms with van der Waals surface area (Å²) in [6.45, 7) is 5.27.